The molecule has 0 aromatic heterocycles. The van der Waals surface area contributed by atoms with Crippen LogP contribution in [0.3, 0.4) is 0 Å². The summed E-state index contributed by atoms with van der Waals surface area (Å²) in [5.41, 5.74) is 0.943. The molecule has 0 bridgehead atoms. The maximum Gasteiger partial charge on any atom is 0.231 e. The Kier molecular flexibility index (Phi) is 4.52. The van der Waals surface area contributed by atoms with E-state index in [1.807, 2.05) is 24.3 Å². The number of hydrogen-bond acceptors (Lipinski definition) is 5. The highest BCUT2D eigenvalue weighted by Crippen LogP contribution is 2.32. The van der Waals surface area contributed by atoms with Crippen molar-refractivity contribution in [3.05, 3.63) is 29.8 Å². The van der Waals surface area contributed by atoms with Crippen molar-refractivity contribution in [2.45, 2.75) is 6.42 Å². The number of ketones is 1. The van der Waals surface area contributed by atoms with Crippen LogP contribution in [0.1, 0.15) is 12.0 Å². The third-order valence-electron chi connectivity index (χ3n) is 3.64. The molecule has 2 aliphatic heterocycles. The van der Waals surface area contributed by atoms with E-state index in [0.717, 1.165) is 49.9 Å². The summed E-state index contributed by atoms with van der Waals surface area (Å²) >= 11 is 0. The molecule has 0 radical (unpaired) electrons. The normalized spacial score (nSPS) is 18.3. The maximum atomic E-state index is 11.9. The molecule has 2 heterocycles. The Morgan fingerprint density at radius 3 is 2.86 bits per heavy atom. The Morgan fingerprint density at radius 2 is 2.00 bits per heavy atom. The van der Waals surface area contributed by atoms with Crippen molar-refractivity contribution in [2.75, 3.05) is 39.6 Å². The fraction of sp³-hybridized carbons (Fsp3) is 0.438. The second kappa shape index (κ2) is 6.74. The van der Waals surface area contributed by atoms with Gasteiger partial charge in [-0.15, -0.1) is 0 Å². The third kappa shape index (κ3) is 3.83. The van der Waals surface area contributed by atoms with Gasteiger partial charge in [0.2, 0.25) is 6.79 Å². The number of fused-ring (bicyclic) bond motifs is 1. The van der Waals surface area contributed by atoms with Crippen molar-refractivity contribution in [3.63, 3.8) is 0 Å². The van der Waals surface area contributed by atoms with Gasteiger partial charge in [-0.2, -0.15) is 0 Å². The lowest BCUT2D eigenvalue weighted by Crippen LogP contribution is -2.37. The summed E-state index contributed by atoms with van der Waals surface area (Å²) < 4.78 is 15.9. The van der Waals surface area contributed by atoms with Crippen LogP contribution in [-0.4, -0.2) is 50.3 Å². The number of rotatable bonds is 5. The van der Waals surface area contributed by atoms with Gasteiger partial charge in [-0.25, -0.2) is 0 Å². The SMILES string of the molecule is O=C(C=Cc1ccc2c(c1)OCO2)CCN1CCOCC1. The Labute approximate surface area is 124 Å². The van der Waals surface area contributed by atoms with Crippen molar-refractivity contribution in [3.8, 4) is 11.5 Å². The first kappa shape index (κ1) is 14.1. The van der Waals surface area contributed by atoms with Gasteiger partial charge in [-0.3, -0.25) is 9.69 Å². The van der Waals surface area contributed by atoms with Crippen LogP contribution in [0.15, 0.2) is 24.3 Å². The van der Waals surface area contributed by atoms with Crippen LogP contribution in [0, 0.1) is 0 Å². The molecule has 0 spiro atoms. The second-order valence-corrected chi connectivity index (χ2v) is 5.12. The fourth-order valence-electron chi connectivity index (χ4n) is 2.38. The van der Waals surface area contributed by atoms with E-state index >= 15 is 0 Å². The highest BCUT2D eigenvalue weighted by Gasteiger charge is 2.13. The number of hydrogen-bond donors (Lipinski definition) is 0. The molecule has 3 rings (SSSR count). The summed E-state index contributed by atoms with van der Waals surface area (Å²) in [6.45, 7) is 4.43. The first-order valence-electron chi connectivity index (χ1n) is 7.22. The van der Waals surface area contributed by atoms with E-state index in [1.165, 1.54) is 0 Å². The summed E-state index contributed by atoms with van der Waals surface area (Å²) in [5, 5.41) is 0. The average Bonchev–Trinajstić information content (AvgIpc) is 2.99. The van der Waals surface area contributed by atoms with Crippen molar-refractivity contribution in [2.24, 2.45) is 0 Å². The molecule has 0 unspecified atom stereocenters. The minimum Gasteiger partial charge on any atom is -0.454 e. The number of nitrogens with zero attached hydrogens (tertiary/aromatic N) is 1. The van der Waals surface area contributed by atoms with E-state index in [0.29, 0.717) is 6.42 Å². The van der Waals surface area contributed by atoms with E-state index in [9.17, 15) is 4.79 Å². The summed E-state index contributed by atoms with van der Waals surface area (Å²) in [5.74, 6) is 1.63. The van der Waals surface area contributed by atoms with E-state index in [4.69, 9.17) is 14.2 Å². The van der Waals surface area contributed by atoms with Crippen LogP contribution in [0.4, 0.5) is 0 Å². The van der Waals surface area contributed by atoms with Crippen LogP contribution < -0.4 is 9.47 Å². The van der Waals surface area contributed by atoms with Crippen LogP contribution in [0.2, 0.25) is 0 Å². The molecule has 5 nitrogen and oxygen atoms in total. The lowest BCUT2D eigenvalue weighted by Gasteiger charge is -2.25. The van der Waals surface area contributed by atoms with E-state index in [1.54, 1.807) is 6.08 Å². The van der Waals surface area contributed by atoms with Gasteiger partial charge in [-0.1, -0.05) is 12.1 Å². The quantitative estimate of drug-likeness (QED) is 0.772. The molecule has 0 N–H and O–H groups in total. The monoisotopic (exact) mass is 289 g/mol. The molecule has 1 saturated heterocycles. The molecule has 0 amide bonds. The van der Waals surface area contributed by atoms with Gasteiger partial charge in [0.15, 0.2) is 17.3 Å². The zero-order valence-electron chi connectivity index (χ0n) is 11.9. The number of benzene rings is 1. The average molecular weight is 289 g/mol. The third-order valence-corrected chi connectivity index (χ3v) is 3.64. The molecule has 112 valence electrons. The minimum atomic E-state index is 0.138. The number of ether oxygens (including phenoxy) is 3. The summed E-state index contributed by atoms with van der Waals surface area (Å²) in [7, 11) is 0. The first-order chi connectivity index (χ1) is 10.3. The molecule has 0 aliphatic carbocycles. The van der Waals surface area contributed by atoms with Crippen molar-refractivity contribution < 1.29 is 19.0 Å². The van der Waals surface area contributed by atoms with Crippen LogP contribution >= 0.6 is 0 Å². The highest BCUT2D eigenvalue weighted by atomic mass is 16.7. The van der Waals surface area contributed by atoms with Crippen molar-refractivity contribution in [1.82, 2.24) is 4.90 Å². The van der Waals surface area contributed by atoms with Gasteiger partial charge in [0, 0.05) is 26.1 Å². The van der Waals surface area contributed by atoms with Gasteiger partial charge in [0.25, 0.3) is 0 Å². The van der Waals surface area contributed by atoms with Gasteiger partial charge in [0.1, 0.15) is 0 Å². The summed E-state index contributed by atoms with van der Waals surface area (Å²) in [6.07, 6.45) is 4.00. The predicted octanol–water partition coefficient (Wildman–Crippen LogP) is 1.72. The summed E-state index contributed by atoms with van der Waals surface area (Å²) in [4.78, 5) is 14.2. The van der Waals surface area contributed by atoms with Gasteiger partial charge in [-0.05, 0) is 23.8 Å². The Morgan fingerprint density at radius 1 is 1.19 bits per heavy atom. The van der Waals surface area contributed by atoms with Crippen LogP contribution in [0.25, 0.3) is 6.08 Å². The molecule has 0 saturated carbocycles. The zero-order valence-corrected chi connectivity index (χ0v) is 11.9. The van der Waals surface area contributed by atoms with Crippen LogP contribution in [-0.2, 0) is 9.53 Å². The van der Waals surface area contributed by atoms with Gasteiger partial charge < -0.3 is 14.2 Å². The molecule has 5 heteroatoms. The first-order valence-corrected chi connectivity index (χ1v) is 7.22. The minimum absolute atomic E-state index is 0.138. The largest absolute Gasteiger partial charge is 0.454 e. The van der Waals surface area contributed by atoms with Gasteiger partial charge in [0.05, 0.1) is 13.2 Å². The Bertz CT molecular complexity index is 535. The predicted molar refractivity (Wildman–Crippen MR) is 78.5 cm³/mol. The van der Waals surface area contributed by atoms with Gasteiger partial charge >= 0.3 is 0 Å². The zero-order chi connectivity index (χ0) is 14.5. The lowest BCUT2D eigenvalue weighted by atomic mass is 10.1. The second-order valence-electron chi connectivity index (χ2n) is 5.12. The molecule has 0 atom stereocenters. The molecule has 1 aromatic rings. The number of carbonyl (C=O) groups is 1. The van der Waals surface area contributed by atoms with Crippen molar-refractivity contribution in [1.29, 1.82) is 0 Å². The van der Waals surface area contributed by atoms with E-state index in [2.05, 4.69) is 4.90 Å². The topological polar surface area (TPSA) is 48.0 Å². The highest BCUT2D eigenvalue weighted by molar-refractivity contribution is 5.93. The number of carbonyl (C=O) groups excluding carboxylic acids is 1. The fourth-order valence-corrected chi connectivity index (χ4v) is 2.38. The molecule has 1 aromatic carbocycles. The molecular formula is C16H19NO4. The lowest BCUT2D eigenvalue weighted by molar-refractivity contribution is -0.115. The van der Waals surface area contributed by atoms with Crippen molar-refractivity contribution >= 4 is 11.9 Å². The van der Waals surface area contributed by atoms with Crippen LogP contribution in [0.5, 0.6) is 11.5 Å². The maximum absolute atomic E-state index is 11.9. The molecular weight excluding hydrogens is 270 g/mol. The molecule has 21 heavy (non-hydrogen) atoms. The Hall–Kier alpha value is -1.85. The standard InChI is InChI=1S/C16H19NO4/c18-14(5-6-17-7-9-19-10-8-17)3-1-13-2-4-15-16(11-13)21-12-20-15/h1-4,11H,5-10,12H2. The molecule has 2 aliphatic rings. The Balaban J connectivity index is 1.49. The molecule has 1 fully saturated rings. The summed E-state index contributed by atoms with van der Waals surface area (Å²) in [6, 6.07) is 5.66. The van der Waals surface area contributed by atoms with E-state index in [-0.39, 0.29) is 12.6 Å². The number of morpholine rings is 1. The smallest absolute Gasteiger partial charge is 0.231 e. The van der Waals surface area contributed by atoms with E-state index < -0.39 is 0 Å². The number of allylic oxidation sites excluding steroid dienone is 1.